The predicted octanol–water partition coefficient (Wildman–Crippen LogP) is 6.09. The van der Waals surface area contributed by atoms with Gasteiger partial charge in [-0.25, -0.2) is 0 Å². The Kier molecular flexibility index (Phi) is 7.06. The van der Waals surface area contributed by atoms with E-state index in [1.54, 1.807) is 6.92 Å². The van der Waals surface area contributed by atoms with Crippen LogP contribution >= 0.6 is 0 Å². The van der Waals surface area contributed by atoms with Crippen LogP contribution < -0.4 is 10.1 Å². The molecule has 0 aliphatic carbocycles. The molecule has 5 rings (SSSR count). The second-order valence-corrected chi connectivity index (χ2v) is 9.88. The van der Waals surface area contributed by atoms with E-state index in [9.17, 15) is 4.79 Å². The smallest absolute Gasteiger partial charge is 0.255 e. The van der Waals surface area contributed by atoms with Crippen molar-refractivity contribution in [3.8, 4) is 28.3 Å². The van der Waals surface area contributed by atoms with Crippen LogP contribution in [-0.4, -0.2) is 48.2 Å². The highest BCUT2D eigenvalue weighted by Crippen LogP contribution is 2.37. The molecule has 1 aliphatic heterocycles. The highest BCUT2D eigenvalue weighted by atomic mass is 16.5. The van der Waals surface area contributed by atoms with E-state index in [2.05, 4.69) is 47.4 Å². The maximum atomic E-state index is 13.0. The van der Waals surface area contributed by atoms with E-state index in [0.717, 1.165) is 59.7 Å². The number of nitrogens with zero attached hydrogens (tertiary/aromatic N) is 3. The van der Waals surface area contributed by atoms with Gasteiger partial charge in [0, 0.05) is 23.7 Å². The van der Waals surface area contributed by atoms with Crippen LogP contribution in [0.1, 0.15) is 46.1 Å². The van der Waals surface area contributed by atoms with E-state index >= 15 is 0 Å². The van der Waals surface area contributed by atoms with Gasteiger partial charge < -0.3 is 19.5 Å². The first-order chi connectivity index (χ1) is 17.9. The third-order valence-corrected chi connectivity index (χ3v) is 6.83. The second-order valence-electron chi connectivity index (χ2n) is 9.88. The van der Waals surface area contributed by atoms with Gasteiger partial charge in [0.1, 0.15) is 5.75 Å². The topological polar surface area (TPSA) is 80.5 Å². The van der Waals surface area contributed by atoms with Gasteiger partial charge in [-0.2, -0.15) is 4.98 Å². The molecule has 0 spiro atoms. The van der Waals surface area contributed by atoms with E-state index < -0.39 is 0 Å². The van der Waals surface area contributed by atoms with Gasteiger partial charge in [0.05, 0.1) is 6.61 Å². The number of aromatic nitrogens is 2. The van der Waals surface area contributed by atoms with E-state index in [-0.39, 0.29) is 5.91 Å². The minimum Gasteiger partial charge on any atom is -0.493 e. The highest BCUT2D eigenvalue weighted by molar-refractivity contribution is 6.04. The summed E-state index contributed by atoms with van der Waals surface area (Å²) >= 11 is 0. The molecule has 0 radical (unpaired) electrons. The Bertz CT molecular complexity index is 1410. The van der Waals surface area contributed by atoms with Crippen molar-refractivity contribution in [3.05, 3.63) is 83.2 Å². The average molecular weight is 497 g/mol. The summed E-state index contributed by atoms with van der Waals surface area (Å²) in [7, 11) is 4.19. The monoisotopic (exact) mass is 496 g/mol. The van der Waals surface area contributed by atoms with Crippen LogP contribution in [0, 0.1) is 13.8 Å². The lowest BCUT2D eigenvalue weighted by atomic mass is 9.89. The molecule has 0 saturated carbocycles. The zero-order valence-electron chi connectivity index (χ0n) is 21.7. The van der Waals surface area contributed by atoms with Crippen LogP contribution in [0.4, 0.5) is 5.69 Å². The molecule has 1 amide bonds. The fourth-order valence-electron chi connectivity index (χ4n) is 4.80. The minimum absolute atomic E-state index is 0.132. The Morgan fingerprint density at radius 1 is 1.03 bits per heavy atom. The zero-order valence-corrected chi connectivity index (χ0v) is 21.7. The van der Waals surface area contributed by atoms with Gasteiger partial charge >= 0.3 is 0 Å². The number of aryl methyl sites for hydroxylation is 2. The van der Waals surface area contributed by atoms with Crippen LogP contribution in [0.5, 0.6) is 5.75 Å². The summed E-state index contributed by atoms with van der Waals surface area (Å²) in [5.41, 5.74) is 6.71. The second kappa shape index (κ2) is 10.6. The number of anilines is 1. The molecule has 2 heterocycles. The van der Waals surface area contributed by atoms with Gasteiger partial charge in [0.25, 0.3) is 5.91 Å². The molecular weight excluding hydrogens is 464 g/mol. The lowest BCUT2D eigenvalue weighted by Gasteiger charge is -2.27. The summed E-state index contributed by atoms with van der Waals surface area (Å²) in [4.78, 5) is 19.5. The molecule has 1 N–H and O–H groups in total. The summed E-state index contributed by atoms with van der Waals surface area (Å²) in [5.74, 6) is 2.34. The van der Waals surface area contributed by atoms with Crippen molar-refractivity contribution in [3.63, 3.8) is 0 Å². The molecule has 1 unspecified atom stereocenters. The van der Waals surface area contributed by atoms with Crippen molar-refractivity contribution in [2.75, 3.05) is 32.6 Å². The summed E-state index contributed by atoms with van der Waals surface area (Å²) in [5, 5.41) is 7.06. The summed E-state index contributed by atoms with van der Waals surface area (Å²) in [6.45, 7) is 5.59. The van der Waals surface area contributed by atoms with Crippen LogP contribution in [0.15, 0.2) is 65.2 Å². The largest absolute Gasteiger partial charge is 0.493 e. The number of ether oxygens (including phenoxy) is 1. The number of fused-ring (bicyclic) bond motifs is 1. The summed E-state index contributed by atoms with van der Waals surface area (Å²) in [6.07, 6.45) is 2.06. The first-order valence-corrected chi connectivity index (χ1v) is 12.6. The van der Waals surface area contributed by atoms with Gasteiger partial charge in [0.15, 0.2) is 0 Å². The van der Waals surface area contributed by atoms with Crippen LogP contribution in [0.3, 0.4) is 0 Å². The van der Waals surface area contributed by atoms with Crippen molar-refractivity contribution in [1.82, 2.24) is 15.0 Å². The Labute approximate surface area is 217 Å². The molecule has 0 bridgehead atoms. The minimum atomic E-state index is -0.132. The van der Waals surface area contributed by atoms with E-state index in [4.69, 9.17) is 9.26 Å². The van der Waals surface area contributed by atoms with Gasteiger partial charge in [-0.15, -0.1) is 0 Å². The average Bonchev–Trinajstić information content (AvgIpc) is 3.33. The van der Waals surface area contributed by atoms with Gasteiger partial charge in [-0.05, 0) is 105 Å². The molecule has 0 saturated heterocycles. The molecule has 1 aliphatic rings. The fourth-order valence-corrected chi connectivity index (χ4v) is 4.80. The lowest BCUT2D eigenvalue weighted by Crippen LogP contribution is -2.20. The number of amides is 1. The Hall–Kier alpha value is -3.97. The molecule has 7 nitrogen and oxygen atoms in total. The SMILES string of the molecule is Cc1nc(-c2ccc(-c3ccc(C(=O)Nc4ccc5c(c4)C(CCN(C)C)CCO5)cc3)c(C)c2)no1. The number of rotatable bonds is 7. The van der Waals surface area contributed by atoms with Crippen molar-refractivity contribution in [2.24, 2.45) is 0 Å². The summed E-state index contributed by atoms with van der Waals surface area (Å²) < 4.78 is 11.0. The van der Waals surface area contributed by atoms with Crippen molar-refractivity contribution >= 4 is 11.6 Å². The Morgan fingerprint density at radius 3 is 2.51 bits per heavy atom. The van der Waals surface area contributed by atoms with Crippen LogP contribution in [0.25, 0.3) is 22.5 Å². The van der Waals surface area contributed by atoms with E-state index in [1.807, 2.05) is 54.6 Å². The number of nitrogens with one attached hydrogen (secondary N) is 1. The number of hydrogen-bond acceptors (Lipinski definition) is 6. The van der Waals surface area contributed by atoms with E-state index in [0.29, 0.717) is 23.2 Å². The van der Waals surface area contributed by atoms with E-state index in [1.165, 1.54) is 5.56 Å². The first kappa shape index (κ1) is 24.7. The normalized spacial score (nSPS) is 14.8. The zero-order chi connectivity index (χ0) is 25.9. The Balaban J connectivity index is 1.29. The van der Waals surface area contributed by atoms with Gasteiger partial charge in [-0.1, -0.05) is 29.4 Å². The van der Waals surface area contributed by atoms with Crippen molar-refractivity contribution in [1.29, 1.82) is 0 Å². The fraction of sp³-hybridized carbons (Fsp3) is 0.300. The number of carbonyl (C=O) groups is 1. The standard InChI is InChI=1S/C30H32N4O3/c1-19-17-24(29-31-20(2)37-33-29)9-11-26(19)21-5-7-23(8-6-21)30(35)32-25-10-12-28-27(18-25)22(14-16-36-28)13-15-34(3)4/h5-12,17-18,22H,13-16H2,1-4H3,(H,32,35). The molecule has 0 fully saturated rings. The molecule has 1 aromatic heterocycles. The molecule has 7 heteroatoms. The first-order valence-electron chi connectivity index (χ1n) is 12.6. The van der Waals surface area contributed by atoms with Gasteiger partial charge in [-0.3, -0.25) is 4.79 Å². The number of carbonyl (C=O) groups excluding carboxylic acids is 1. The van der Waals surface area contributed by atoms with Crippen molar-refractivity contribution < 1.29 is 14.1 Å². The molecule has 1 atom stereocenters. The van der Waals surface area contributed by atoms with Crippen LogP contribution in [-0.2, 0) is 0 Å². The third kappa shape index (κ3) is 5.57. The maximum Gasteiger partial charge on any atom is 0.255 e. The molecule has 4 aromatic rings. The quantitative estimate of drug-likeness (QED) is 0.333. The highest BCUT2D eigenvalue weighted by Gasteiger charge is 2.22. The maximum absolute atomic E-state index is 13.0. The molecular formula is C30H32N4O3. The molecule has 37 heavy (non-hydrogen) atoms. The molecule has 3 aromatic carbocycles. The third-order valence-electron chi connectivity index (χ3n) is 6.83. The van der Waals surface area contributed by atoms with Crippen LogP contribution in [0.2, 0.25) is 0 Å². The lowest BCUT2D eigenvalue weighted by molar-refractivity contribution is 0.102. The van der Waals surface area contributed by atoms with Gasteiger partial charge in [0.2, 0.25) is 11.7 Å². The summed E-state index contributed by atoms with van der Waals surface area (Å²) in [6, 6.07) is 19.7. The number of hydrogen-bond donors (Lipinski definition) is 1. The number of benzene rings is 3. The molecule has 190 valence electrons. The Morgan fingerprint density at radius 2 is 1.81 bits per heavy atom. The van der Waals surface area contributed by atoms with Crippen molar-refractivity contribution in [2.45, 2.75) is 32.6 Å². The predicted molar refractivity (Wildman–Crippen MR) is 145 cm³/mol.